The van der Waals surface area contributed by atoms with Gasteiger partial charge in [0.2, 0.25) is 0 Å². The van der Waals surface area contributed by atoms with Gasteiger partial charge in [-0.3, -0.25) is 9.59 Å². The average molecular weight is 733 g/mol. The molecule has 14 heteroatoms. The number of halogens is 6. The van der Waals surface area contributed by atoms with Gasteiger partial charge in [-0.15, -0.1) is 0 Å². The number of nitrogens with one attached hydrogen (secondary N) is 1. The lowest BCUT2D eigenvalue weighted by Gasteiger charge is -2.36. The molecule has 0 saturated carbocycles. The first-order valence-corrected chi connectivity index (χ1v) is 16.9. The topological polar surface area (TPSA) is 65.1 Å². The summed E-state index contributed by atoms with van der Waals surface area (Å²) >= 11 is 1.36. The van der Waals surface area contributed by atoms with Crippen molar-refractivity contribution in [1.29, 1.82) is 0 Å². The molecule has 1 fully saturated rings. The zero-order valence-electron chi connectivity index (χ0n) is 28.3. The predicted octanol–water partition coefficient (Wildman–Crippen LogP) is 8.80. The van der Waals surface area contributed by atoms with Crippen molar-refractivity contribution >= 4 is 29.3 Å². The van der Waals surface area contributed by atoms with Crippen LogP contribution in [-0.2, 0) is 6.18 Å². The Hall–Kier alpha value is -4.85. The monoisotopic (exact) mass is 732 g/mol. The van der Waals surface area contributed by atoms with Crippen molar-refractivity contribution in [3.63, 3.8) is 0 Å². The van der Waals surface area contributed by atoms with Gasteiger partial charge in [-0.1, -0.05) is 36.5 Å². The minimum absolute atomic E-state index is 0.118. The second kappa shape index (κ2) is 16.9. The number of fused-ring (bicyclic) bond motifs is 2. The smallest absolute Gasteiger partial charge is 0.416 e. The van der Waals surface area contributed by atoms with E-state index in [-0.39, 0.29) is 11.8 Å². The quantitative estimate of drug-likeness (QED) is 0.144. The van der Waals surface area contributed by atoms with Gasteiger partial charge in [0.25, 0.3) is 11.8 Å². The standard InChI is InChI=1S/C28H26F3N3O3S.C9H12F3N/c1-3-32(2)26(35)20-6-4-8-22-24(20)38-25-21(7-5-9-23(25)37-22)27(36)34-16-14-33(15-17-34)19-12-10-18(11-13-19)28(29,30)31;1-3-8(9(10,11)12)6-5-7-13-4-2/h4-13H,3,14-17H2,1-2H3;3,5-7,13H,1,4H2,2H3/b;7-5+,8-6+. The number of alkyl halides is 6. The molecule has 272 valence electrons. The number of hydrogen-bond donors (Lipinski definition) is 1. The third kappa shape index (κ3) is 9.69. The lowest BCUT2D eigenvalue weighted by atomic mass is 10.1. The number of carbonyl (C=O) groups is 2. The number of benzene rings is 3. The van der Waals surface area contributed by atoms with E-state index < -0.39 is 23.5 Å². The molecule has 1 saturated heterocycles. The van der Waals surface area contributed by atoms with Crippen molar-refractivity contribution in [2.24, 2.45) is 0 Å². The van der Waals surface area contributed by atoms with Crippen molar-refractivity contribution < 1.29 is 40.7 Å². The fraction of sp³-hybridized carbons (Fsp3) is 0.297. The molecule has 7 nitrogen and oxygen atoms in total. The molecule has 2 aliphatic rings. The number of rotatable bonds is 8. The first-order valence-electron chi connectivity index (χ1n) is 16.1. The molecule has 0 unspecified atom stereocenters. The van der Waals surface area contributed by atoms with Crippen LogP contribution in [0.25, 0.3) is 0 Å². The van der Waals surface area contributed by atoms with Gasteiger partial charge in [-0.05, 0) is 80.7 Å². The number of amides is 2. The molecular formula is C37H38F6N4O3S. The number of hydrogen-bond acceptors (Lipinski definition) is 6. The van der Waals surface area contributed by atoms with E-state index >= 15 is 0 Å². The van der Waals surface area contributed by atoms with E-state index in [2.05, 4.69) is 11.9 Å². The summed E-state index contributed by atoms with van der Waals surface area (Å²) in [4.78, 5) is 33.2. The summed E-state index contributed by atoms with van der Waals surface area (Å²) in [6.07, 6.45) is -4.19. The highest BCUT2D eigenvalue weighted by atomic mass is 32.2. The van der Waals surface area contributed by atoms with Gasteiger partial charge in [0, 0.05) is 52.0 Å². The van der Waals surface area contributed by atoms with Gasteiger partial charge in [0.05, 0.1) is 32.1 Å². The maximum Gasteiger partial charge on any atom is 0.416 e. The normalized spacial score (nSPS) is 14.5. The molecular weight excluding hydrogens is 694 g/mol. The van der Waals surface area contributed by atoms with Crippen LogP contribution in [0.3, 0.4) is 0 Å². The number of piperazine rings is 1. The van der Waals surface area contributed by atoms with Crippen molar-refractivity contribution in [1.82, 2.24) is 15.1 Å². The Labute approximate surface area is 297 Å². The van der Waals surface area contributed by atoms with Crippen LogP contribution in [0.15, 0.2) is 107 Å². The van der Waals surface area contributed by atoms with Crippen LogP contribution in [0.2, 0.25) is 0 Å². The molecule has 5 rings (SSSR count). The maximum absolute atomic E-state index is 13.6. The van der Waals surface area contributed by atoms with E-state index in [4.69, 9.17) is 4.74 Å². The van der Waals surface area contributed by atoms with E-state index in [1.54, 1.807) is 47.2 Å². The summed E-state index contributed by atoms with van der Waals surface area (Å²) in [5.74, 6) is 0.868. The number of nitrogens with zero attached hydrogens (tertiary/aromatic N) is 3. The summed E-state index contributed by atoms with van der Waals surface area (Å²) in [5, 5.41) is 2.75. The third-order valence-corrected chi connectivity index (χ3v) is 9.28. The van der Waals surface area contributed by atoms with Crippen LogP contribution >= 0.6 is 11.8 Å². The predicted molar refractivity (Wildman–Crippen MR) is 186 cm³/mol. The summed E-state index contributed by atoms with van der Waals surface area (Å²) in [6.45, 7) is 9.94. The number of anilines is 1. The van der Waals surface area contributed by atoms with Crippen LogP contribution in [0, 0.1) is 0 Å². The van der Waals surface area contributed by atoms with Crippen LogP contribution in [0.1, 0.15) is 40.1 Å². The third-order valence-electron chi connectivity index (χ3n) is 8.03. The Morgan fingerprint density at radius 2 is 1.49 bits per heavy atom. The average Bonchev–Trinajstić information content (AvgIpc) is 3.12. The maximum atomic E-state index is 13.6. The summed E-state index contributed by atoms with van der Waals surface area (Å²) in [5.41, 5.74) is 0.275. The van der Waals surface area contributed by atoms with Gasteiger partial charge >= 0.3 is 12.4 Å². The van der Waals surface area contributed by atoms with E-state index in [0.717, 1.165) is 24.3 Å². The Morgan fingerprint density at radius 3 is 2.02 bits per heavy atom. The Bertz CT molecular complexity index is 1770. The number of allylic oxidation sites excluding steroid dienone is 4. The Kier molecular flexibility index (Phi) is 12.9. The molecule has 0 radical (unpaired) electrons. The minimum Gasteiger partial charge on any atom is -0.455 e. The second-order valence-corrected chi connectivity index (χ2v) is 12.4. The van der Waals surface area contributed by atoms with Gasteiger partial charge in [-0.25, -0.2) is 0 Å². The van der Waals surface area contributed by atoms with E-state index in [1.807, 2.05) is 24.8 Å². The molecule has 0 aliphatic carbocycles. The molecule has 0 spiro atoms. The highest BCUT2D eigenvalue weighted by Crippen LogP contribution is 2.50. The van der Waals surface area contributed by atoms with E-state index in [9.17, 15) is 35.9 Å². The van der Waals surface area contributed by atoms with Crippen molar-refractivity contribution in [2.75, 3.05) is 51.2 Å². The zero-order chi connectivity index (χ0) is 37.3. The van der Waals surface area contributed by atoms with E-state index in [0.29, 0.717) is 77.4 Å². The summed E-state index contributed by atoms with van der Waals surface area (Å²) in [7, 11) is 1.74. The molecule has 3 aromatic rings. The zero-order valence-corrected chi connectivity index (χ0v) is 29.1. The molecule has 2 heterocycles. The fourth-order valence-electron chi connectivity index (χ4n) is 5.12. The number of ether oxygens (including phenoxy) is 1. The molecule has 3 aromatic carbocycles. The Balaban J connectivity index is 0.000000383. The molecule has 2 aliphatic heterocycles. The van der Waals surface area contributed by atoms with Crippen LogP contribution in [-0.4, -0.2) is 74.1 Å². The van der Waals surface area contributed by atoms with Gasteiger partial charge in [0.15, 0.2) is 0 Å². The van der Waals surface area contributed by atoms with Gasteiger partial charge in [-0.2, -0.15) is 26.3 Å². The van der Waals surface area contributed by atoms with Gasteiger partial charge < -0.3 is 24.8 Å². The largest absolute Gasteiger partial charge is 0.455 e. The van der Waals surface area contributed by atoms with Crippen molar-refractivity contribution in [3.05, 3.63) is 114 Å². The second-order valence-electron chi connectivity index (χ2n) is 11.4. The highest BCUT2D eigenvalue weighted by Gasteiger charge is 2.33. The fourth-order valence-corrected chi connectivity index (χ4v) is 6.28. The van der Waals surface area contributed by atoms with E-state index in [1.165, 1.54) is 36.2 Å². The van der Waals surface area contributed by atoms with Crippen LogP contribution in [0.4, 0.5) is 32.0 Å². The first kappa shape index (κ1) is 38.9. The molecule has 2 amide bonds. The molecule has 0 atom stereocenters. The molecule has 51 heavy (non-hydrogen) atoms. The lowest BCUT2D eigenvalue weighted by molar-refractivity contribution is -0.137. The van der Waals surface area contributed by atoms with Crippen LogP contribution < -0.4 is 15.0 Å². The summed E-state index contributed by atoms with van der Waals surface area (Å²) in [6, 6.07) is 15.8. The minimum atomic E-state index is -4.37. The van der Waals surface area contributed by atoms with Crippen LogP contribution in [0.5, 0.6) is 11.5 Å². The Morgan fingerprint density at radius 1 is 0.902 bits per heavy atom. The number of carbonyl (C=O) groups excluding carboxylic acids is 2. The molecule has 0 bridgehead atoms. The SMILES string of the molecule is C=C/C(=C\C=C\NCC)C(F)(F)F.CCN(C)C(=O)c1cccc2c1Sc1c(cccc1C(=O)N1CCN(c3ccc(C(F)(F)F)cc3)CC1)O2. The van der Waals surface area contributed by atoms with Crippen molar-refractivity contribution in [2.45, 2.75) is 36.0 Å². The summed E-state index contributed by atoms with van der Waals surface area (Å²) < 4.78 is 80.9. The first-order chi connectivity index (χ1) is 24.2. The molecule has 1 N–H and O–H groups in total. The van der Waals surface area contributed by atoms with Gasteiger partial charge in [0.1, 0.15) is 11.5 Å². The van der Waals surface area contributed by atoms with Crippen molar-refractivity contribution in [3.8, 4) is 11.5 Å². The highest BCUT2D eigenvalue weighted by molar-refractivity contribution is 7.99. The lowest BCUT2D eigenvalue weighted by Crippen LogP contribution is -2.48. The molecule has 0 aromatic heterocycles.